The molecule has 0 aliphatic carbocycles. The highest BCUT2D eigenvalue weighted by Gasteiger charge is 2.17. The van der Waals surface area contributed by atoms with E-state index < -0.39 is 10.8 Å². The fourth-order valence-electron chi connectivity index (χ4n) is 2.34. The first-order valence-corrected chi connectivity index (χ1v) is 9.15. The molecule has 28 heavy (non-hydrogen) atoms. The molecule has 0 aliphatic rings. The van der Waals surface area contributed by atoms with Crippen molar-refractivity contribution >= 4 is 40.4 Å². The van der Waals surface area contributed by atoms with E-state index in [9.17, 15) is 14.9 Å². The van der Waals surface area contributed by atoms with Gasteiger partial charge in [-0.25, -0.2) is 5.43 Å². The molecule has 0 radical (unpaired) electrons. The lowest BCUT2D eigenvalue weighted by Gasteiger charge is -2.11. The quantitative estimate of drug-likeness (QED) is 0.258. The number of rotatable bonds is 8. The summed E-state index contributed by atoms with van der Waals surface area (Å²) in [5.41, 5.74) is 2.81. The topological polar surface area (TPSA) is 112 Å². The van der Waals surface area contributed by atoms with Gasteiger partial charge in [-0.05, 0) is 53.3 Å². The van der Waals surface area contributed by atoms with E-state index >= 15 is 0 Å². The van der Waals surface area contributed by atoms with Gasteiger partial charge < -0.3 is 14.2 Å². The van der Waals surface area contributed by atoms with E-state index in [1.165, 1.54) is 25.5 Å². The zero-order chi connectivity index (χ0) is 20.7. The molecule has 2 aromatic rings. The van der Waals surface area contributed by atoms with Crippen LogP contribution in [0.4, 0.5) is 5.69 Å². The molecule has 2 aromatic carbocycles. The summed E-state index contributed by atoms with van der Waals surface area (Å²) in [7, 11) is 2.93. The predicted molar refractivity (Wildman–Crippen MR) is 112 cm³/mol. The van der Waals surface area contributed by atoms with Crippen molar-refractivity contribution in [3.63, 3.8) is 0 Å². The third kappa shape index (κ3) is 5.09. The molecule has 0 unspecified atom stereocenters. The van der Waals surface area contributed by atoms with Crippen LogP contribution in [0.25, 0.3) is 0 Å². The summed E-state index contributed by atoms with van der Waals surface area (Å²) in [4.78, 5) is 22.7. The minimum atomic E-state index is -0.634. The second-order valence-electron chi connectivity index (χ2n) is 5.31. The van der Waals surface area contributed by atoms with Crippen LogP contribution < -0.4 is 19.6 Å². The van der Waals surface area contributed by atoms with Crippen LogP contribution >= 0.6 is 22.6 Å². The van der Waals surface area contributed by atoms with E-state index in [0.29, 0.717) is 23.7 Å². The Hall–Kier alpha value is -2.89. The number of ether oxygens (including phenoxy) is 3. The van der Waals surface area contributed by atoms with E-state index in [-0.39, 0.29) is 17.0 Å². The molecule has 1 N–H and O–H groups in total. The van der Waals surface area contributed by atoms with Gasteiger partial charge in [-0.15, -0.1) is 0 Å². The molecule has 0 spiro atoms. The minimum Gasteiger partial charge on any atom is -0.496 e. The highest BCUT2D eigenvalue weighted by molar-refractivity contribution is 14.1. The highest BCUT2D eigenvalue weighted by atomic mass is 127. The zero-order valence-corrected chi connectivity index (χ0v) is 17.6. The smallest absolute Gasteiger partial charge is 0.275 e. The number of amides is 1. The second kappa shape index (κ2) is 9.88. The molecular formula is C18H18IN3O6. The SMILES string of the molecule is CCOc1cc(C=NNC(=O)c2cc([N+](=O)[O-])ccc2OC)cc(I)c1OC. The first-order chi connectivity index (χ1) is 13.4. The van der Waals surface area contributed by atoms with Crippen molar-refractivity contribution in [1.82, 2.24) is 5.43 Å². The van der Waals surface area contributed by atoms with Crippen LogP contribution in [0.3, 0.4) is 0 Å². The average Bonchev–Trinajstić information content (AvgIpc) is 2.67. The third-order valence-corrected chi connectivity index (χ3v) is 4.36. The number of carbonyl (C=O) groups is 1. The fourth-order valence-corrected chi connectivity index (χ4v) is 3.18. The molecule has 2 rings (SSSR count). The number of non-ortho nitro benzene ring substituents is 1. The monoisotopic (exact) mass is 499 g/mol. The maximum atomic E-state index is 12.4. The van der Waals surface area contributed by atoms with Crippen molar-refractivity contribution in [2.75, 3.05) is 20.8 Å². The fraction of sp³-hybridized carbons (Fsp3) is 0.222. The van der Waals surface area contributed by atoms with Gasteiger partial charge >= 0.3 is 0 Å². The summed E-state index contributed by atoms with van der Waals surface area (Å²) < 4.78 is 16.8. The lowest BCUT2D eigenvalue weighted by molar-refractivity contribution is -0.384. The lowest BCUT2D eigenvalue weighted by atomic mass is 10.1. The molecule has 10 heteroatoms. The van der Waals surface area contributed by atoms with E-state index in [4.69, 9.17) is 14.2 Å². The van der Waals surface area contributed by atoms with Gasteiger partial charge in [-0.2, -0.15) is 5.10 Å². The summed E-state index contributed by atoms with van der Waals surface area (Å²) >= 11 is 2.11. The number of halogens is 1. The number of nitro benzene ring substituents is 1. The molecule has 0 fully saturated rings. The predicted octanol–water partition coefficient (Wildman–Crippen LogP) is 3.38. The number of methoxy groups -OCH3 is 2. The summed E-state index contributed by atoms with van der Waals surface area (Å²) in [5.74, 6) is 0.746. The number of nitro groups is 1. The van der Waals surface area contributed by atoms with Gasteiger partial charge in [0.1, 0.15) is 5.75 Å². The van der Waals surface area contributed by atoms with Crippen molar-refractivity contribution in [3.05, 3.63) is 55.1 Å². The summed E-state index contributed by atoms with van der Waals surface area (Å²) in [5, 5.41) is 14.8. The number of hydrazone groups is 1. The molecule has 148 valence electrons. The van der Waals surface area contributed by atoms with E-state index in [2.05, 4.69) is 33.1 Å². The third-order valence-electron chi connectivity index (χ3n) is 3.55. The van der Waals surface area contributed by atoms with Gasteiger partial charge in [-0.1, -0.05) is 0 Å². The molecule has 0 atom stereocenters. The largest absolute Gasteiger partial charge is 0.496 e. The van der Waals surface area contributed by atoms with Crippen molar-refractivity contribution in [1.29, 1.82) is 0 Å². The Morgan fingerprint density at radius 2 is 2.00 bits per heavy atom. The van der Waals surface area contributed by atoms with Crippen LogP contribution in [0.1, 0.15) is 22.8 Å². The van der Waals surface area contributed by atoms with Gasteiger partial charge in [-0.3, -0.25) is 14.9 Å². The van der Waals surface area contributed by atoms with Crippen LogP contribution in [0.5, 0.6) is 17.2 Å². The molecule has 1 amide bonds. The van der Waals surface area contributed by atoms with Crippen molar-refractivity contribution in [3.8, 4) is 17.2 Å². The Bertz CT molecular complexity index is 916. The molecule has 0 aliphatic heterocycles. The molecule has 0 saturated heterocycles. The van der Waals surface area contributed by atoms with Crippen molar-refractivity contribution < 1.29 is 23.9 Å². The molecular weight excluding hydrogens is 481 g/mol. The Morgan fingerprint density at radius 1 is 1.25 bits per heavy atom. The zero-order valence-electron chi connectivity index (χ0n) is 15.4. The van der Waals surface area contributed by atoms with Crippen molar-refractivity contribution in [2.45, 2.75) is 6.92 Å². The molecule has 0 aromatic heterocycles. The van der Waals surface area contributed by atoms with Gasteiger partial charge in [0.15, 0.2) is 11.5 Å². The number of hydrogen-bond donors (Lipinski definition) is 1. The summed E-state index contributed by atoms with van der Waals surface area (Å²) in [6.07, 6.45) is 1.44. The van der Waals surface area contributed by atoms with Crippen LogP contribution in [0.2, 0.25) is 0 Å². The number of carbonyl (C=O) groups excluding carboxylic acids is 1. The minimum absolute atomic E-state index is 0.00756. The summed E-state index contributed by atoms with van der Waals surface area (Å²) in [6.45, 7) is 2.33. The van der Waals surface area contributed by atoms with E-state index in [1.54, 1.807) is 13.2 Å². The van der Waals surface area contributed by atoms with Crippen molar-refractivity contribution in [2.24, 2.45) is 5.10 Å². The Labute approximate surface area is 175 Å². The Morgan fingerprint density at radius 3 is 2.61 bits per heavy atom. The first-order valence-electron chi connectivity index (χ1n) is 8.07. The maximum absolute atomic E-state index is 12.4. The number of nitrogens with one attached hydrogen (secondary N) is 1. The number of benzene rings is 2. The van der Waals surface area contributed by atoms with Crippen LogP contribution in [-0.2, 0) is 0 Å². The Balaban J connectivity index is 2.22. The first kappa shape index (κ1) is 21.4. The summed E-state index contributed by atoms with van der Waals surface area (Å²) in [6, 6.07) is 7.29. The van der Waals surface area contributed by atoms with E-state index in [0.717, 1.165) is 9.64 Å². The lowest BCUT2D eigenvalue weighted by Crippen LogP contribution is -2.18. The molecule has 0 heterocycles. The number of hydrogen-bond acceptors (Lipinski definition) is 7. The second-order valence-corrected chi connectivity index (χ2v) is 6.47. The maximum Gasteiger partial charge on any atom is 0.275 e. The molecule has 9 nitrogen and oxygen atoms in total. The van der Waals surface area contributed by atoms with Gasteiger partial charge in [0, 0.05) is 12.1 Å². The van der Waals surface area contributed by atoms with Gasteiger partial charge in [0.05, 0.1) is 41.1 Å². The molecule has 0 bridgehead atoms. The van der Waals surface area contributed by atoms with Crippen LogP contribution in [-0.4, -0.2) is 37.9 Å². The molecule has 0 saturated carbocycles. The van der Waals surface area contributed by atoms with E-state index in [1.807, 2.05) is 13.0 Å². The van der Waals surface area contributed by atoms with Gasteiger partial charge in [0.2, 0.25) is 0 Å². The average molecular weight is 499 g/mol. The number of nitrogens with zero attached hydrogens (tertiary/aromatic N) is 2. The standard InChI is InChI=1S/C18H18IN3O6/c1-4-28-16-8-11(7-14(19)17(16)27-3)10-20-21-18(23)13-9-12(22(24)25)5-6-15(13)26-2/h5-10H,4H2,1-3H3,(H,21,23). The van der Waals surface area contributed by atoms with Crippen LogP contribution in [0.15, 0.2) is 35.4 Å². The van der Waals surface area contributed by atoms with Gasteiger partial charge in [0.25, 0.3) is 11.6 Å². The normalized spacial score (nSPS) is 10.6. The van der Waals surface area contributed by atoms with Crippen LogP contribution in [0, 0.1) is 13.7 Å². The highest BCUT2D eigenvalue weighted by Crippen LogP contribution is 2.33. The Kier molecular flexibility index (Phi) is 7.55.